The number of β-amino-alcohol motifs (C(OH)–C–C–N with tert-alkyl or cyclic N) is 1. The number of aryl methyl sites for hydroxylation is 1. The Balaban J connectivity index is 1.77. The number of aliphatic hydroxyl groups excluding tert-OH is 1. The molecule has 4 nitrogen and oxygen atoms in total. The first-order valence-electron chi connectivity index (χ1n) is 6.14. The van der Waals surface area contributed by atoms with Crippen LogP contribution in [0.15, 0.2) is 18.2 Å². The van der Waals surface area contributed by atoms with E-state index >= 15 is 0 Å². The summed E-state index contributed by atoms with van der Waals surface area (Å²) >= 11 is 0. The van der Waals surface area contributed by atoms with Crippen LogP contribution in [-0.2, 0) is 6.42 Å². The molecule has 0 aliphatic carbocycles. The molecular formula is C13H16FNO3. The molecule has 3 N–H and O–H groups in total. The molecule has 3 atom stereocenters. The van der Waals surface area contributed by atoms with Crippen molar-refractivity contribution in [2.75, 3.05) is 13.2 Å². The number of aliphatic hydroxyl groups is 2. The van der Waals surface area contributed by atoms with E-state index in [9.17, 15) is 14.6 Å². The summed E-state index contributed by atoms with van der Waals surface area (Å²) in [5, 5.41) is 22.3. The van der Waals surface area contributed by atoms with Gasteiger partial charge in [-0.15, -0.1) is 0 Å². The molecule has 2 aliphatic rings. The van der Waals surface area contributed by atoms with Gasteiger partial charge in [-0.1, -0.05) is 0 Å². The van der Waals surface area contributed by atoms with Gasteiger partial charge >= 0.3 is 0 Å². The Kier molecular flexibility index (Phi) is 2.77. The van der Waals surface area contributed by atoms with Gasteiger partial charge in [-0.05, 0) is 36.6 Å². The topological polar surface area (TPSA) is 61.7 Å². The normalized spacial score (nSPS) is 34.4. The molecule has 1 saturated heterocycles. The molecule has 0 bridgehead atoms. The van der Waals surface area contributed by atoms with Crippen LogP contribution in [0, 0.1) is 5.82 Å². The predicted octanol–water partition coefficient (Wildman–Crippen LogP) is 0.214. The minimum atomic E-state index is -1.10. The van der Waals surface area contributed by atoms with E-state index in [1.807, 2.05) is 0 Å². The van der Waals surface area contributed by atoms with Gasteiger partial charge in [0.05, 0.1) is 12.6 Å². The van der Waals surface area contributed by atoms with Crippen molar-refractivity contribution >= 4 is 0 Å². The van der Waals surface area contributed by atoms with Crippen molar-refractivity contribution in [2.45, 2.75) is 30.6 Å². The highest BCUT2D eigenvalue weighted by Gasteiger charge is 2.50. The molecule has 1 aromatic rings. The second kappa shape index (κ2) is 4.19. The molecule has 2 aliphatic heterocycles. The standard InChI is InChI=1S/C13H16FNO3/c14-9-2-4-10-8(5-9)1-3-11(18-10)12-13(17,7-16)6-15-12/h2,4-5,11-12,15-17H,1,3,6-7H2/t11-,12?,13+/m1/s1. The lowest BCUT2D eigenvalue weighted by Gasteiger charge is -2.49. The van der Waals surface area contributed by atoms with Crippen molar-refractivity contribution < 1.29 is 19.3 Å². The van der Waals surface area contributed by atoms with E-state index in [0.29, 0.717) is 18.7 Å². The molecule has 0 saturated carbocycles. The van der Waals surface area contributed by atoms with Crippen molar-refractivity contribution in [3.05, 3.63) is 29.6 Å². The molecule has 1 aromatic carbocycles. The first-order chi connectivity index (χ1) is 8.62. The summed E-state index contributed by atoms with van der Waals surface area (Å²) in [5.74, 6) is 0.408. The molecule has 0 spiro atoms. The van der Waals surface area contributed by atoms with Crippen LogP contribution in [0.3, 0.4) is 0 Å². The molecule has 1 unspecified atom stereocenters. The van der Waals surface area contributed by atoms with Crippen molar-refractivity contribution in [3.8, 4) is 5.75 Å². The van der Waals surface area contributed by atoms with Crippen LogP contribution < -0.4 is 10.1 Å². The van der Waals surface area contributed by atoms with E-state index in [1.54, 1.807) is 6.07 Å². The van der Waals surface area contributed by atoms with Gasteiger partial charge in [-0.3, -0.25) is 0 Å². The number of nitrogens with one attached hydrogen (secondary N) is 1. The fourth-order valence-corrected chi connectivity index (χ4v) is 2.70. The molecule has 2 heterocycles. The molecule has 0 amide bonds. The highest BCUT2D eigenvalue weighted by molar-refractivity contribution is 5.36. The largest absolute Gasteiger partial charge is 0.488 e. The van der Waals surface area contributed by atoms with E-state index < -0.39 is 5.60 Å². The first kappa shape index (κ1) is 11.9. The zero-order chi connectivity index (χ0) is 12.8. The van der Waals surface area contributed by atoms with Crippen LogP contribution in [0.1, 0.15) is 12.0 Å². The van der Waals surface area contributed by atoms with Gasteiger partial charge in [0, 0.05) is 6.54 Å². The SMILES string of the molecule is OC[C@@]1(O)CNC1[C@H]1CCc2cc(F)ccc2O1. The Morgan fingerprint density at radius 2 is 2.33 bits per heavy atom. The number of hydrogen-bond donors (Lipinski definition) is 3. The molecular weight excluding hydrogens is 237 g/mol. The number of halogens is 1. The minimum absolute atomic E-state index is 0.186. The quantitative estimate of drug-likeness (QED) is 0.705. The van der Waals surface area contributed by atoms with Crippen molar-refractivity contribution in [1.82, 2.24) is 5.32 Å². The van der Waals surface area contributed by atoms with Crippen LogP contribution in [0.4, 0.5) is 4.39 Å². The summed E-state index contributed by atoms with van der Waals surface area (Å²) in [5.41, 5.74) is -0.236. The maximum absolute atomic E-state index is 13.1. The Morgan fingerprint density at radius 3 is 3.00 bits per heavy atom. The third-order valence-corrected chi connectivity index (χ3v) is 3.85. The van der Waals surface area contributed by atoms with Crippen LogP contribution >= 0.6 is 0 Å². The highest BCUT2D eigenvalue weighted by atomic mass is 19.1. The van der Waals surface area contributed by atoms with Gasteiger partial charge in [0.1, 0.15) is 23.3 Å². The monoisotopic (exact) mass is 253 g/mol. The van der Waals surface area contributed by atoms with E-state index in [1.165, 1.54) is 12.1 Å². The number of fused-ring (bicyclic) bond motifs is 1. The molecule has 3 rings (SSSR count). The summed E-state index contributed by atoms with van der Waals surface area (Å²) in [6.07, 6.45) is 1.24. The summed E-state index contributed by atoms with van der Waals surface area (Å²) in [4.78, 5) is 0. The number of benzene rings is 1. The van der Waals surface area contributed by atoms with Gasteiger partial charge in [0.15, 0.2) is 0 Å². The minimum Gasteiger partial charge on any atom is -0.488 e. The number of rotatable bonds is 2. The lowest BCUT2D eigenvalue weighted by Crippen LogP contribution is -2.74. The fraction of sp³-hybridized carbons (Fsp3) is 0.538. The molecule has 98 valence electrons. The molecule has 1 fully saturated rings. The van der Waals surface area contributed by atoms with E-state index in [4.69, 9.17) is 4.74 Å². The van der Waals surface area contributed by atoms with E-state index in [-0.39, 0.29) is 24.6 Å². The van der Waals surface area contributed by atoms with Gasteiger partial charge in [0.25, 0.3) is 0 Å². The van der Waals surface area contributed by atoms with Crippen molar-refractivity contribution in [1.29, 1.82) is 0 Å². The average molecular weight is 253 g/mol. The predicted molar refractivity (Wildman–Crippen MR) is 63.0 cm³/mol. The number of hydrogen-bond acceptors (Lipinski definition) is 4. The number of ether oxygens (including phenoxy) is 1. The van der Waals surface area contributed by atoms with Gasteiger partial charge in [-0.2, -0.15) is 0 Å². The first-order valence-corrected chi connectivity index (χ1v) is 6.14. The third-order valence-electron chi connectivity index (χ3n) is 3.85. The molecule has 18 heavy (non-hydrogen) atoms. The van der Waals surface area contributed by atoms with Gasteiger partial charge < -0.3 is 20.3 Å². The average Bonchev–Trinajstić information content (AvgIpc) is 2.36. The molecule has 0 aromatic heterocycles. The Labute approximate surface area is 104 Å². The highest BCUT2D eigenvalue weighted by Crippen LogP contribution is 2.33. The smallest absolute Gasteiger partial charge is 0.123 e. The Morgan fingerprint density at radius 1 is 1.50 bits per heavy atom. The summed E-state index contributed by atoms with van der Waals surface area (Å²) in [7, 11) is 0. The second-order valence-corrected chi connectivity index (χ2v) is 5.07. The lowest BCUT2D eigenvalue weighted by molar-refractivity contribution is -0.126. The Hall–Kier alpha value is -1.17. The summed E-state index contributed by atoms with van der Waals surface area (Å²) in [6.45, 7) is 0.102. The Bertz CT molecular complexity index is 464. The lowest BCUT2D eigenvalue weighted by atomic mass is 9.80. The van der Waals surface area contributed by atoms with Gasteiger partial charge in [0.2, 0.25) is 0 Å². The maximum Gasteiger partial charge on any atom is 0.123 e. The van der Waals surface area contributed by atoms with Crippen LogP contribution in [0.25, 0.3) is 0 Å². The van der Waals surface area contributed by atoms with Crippen LogP contribution in [0.5, 0.6) is 5.75 Å². The molecule has 5 heteroatoms. The van der Waals surface area contributed by atoms with E-state index in [2.05, 4.69) is 5.32 Å². The van der Waals surface area contributed by atoms with Crippen LogP contribution in [0.2, 0.25) is 0 Å². The third kappa shape index (κ3) is 1.79. The van der Waals surface area contributed by atoms with Crippen molar-refractivity contribution in [2.24, 2.45) is 0 Å². The maximum atomic E-state index is 13.1. The fourth-order valence-electron chi connectivity index (χ4n) is 2.70. The summed E-state index contributed by atoms with van der Waals surface area (Å²) in [6, 6.07) is 4.21. The zero-order valence-electron chi connectivity index (χ0n) is 9.90. The second-order valence-electron chi connectivity index (χ2n) is 5.07. The van der Waals surface area contributed by atoms with Crippen LogP contribution in [-0.4, -0.2) is 41.1 Å². The molecule has 0 radical (unpaired) electrons. The zero-order valence-corrected chi connectivity index (χ0v) is 9.90. The summed E-state index contributed by atoms with van der Waals surface area (Å²) < 4.78 is 18.9. The van der Waals surface area contributed by atoms with Crippen molar-refractivity contribution in [3.63, 3.8) is 0 Å². The van der Waals surface area contributed by atoms with E-state index in [0.717, 1.165) is 12.0 Å². The van der Waals surface area contributed by atoms with Gasteiger partial charge in [-0.25, -0.2) is 4.39 Å².